The predicted molar refractivity (Wildman–Crippen MR) is 110 cm³/mol. The van der Waals surface area contributed by atoms with Crippen LogP contribution in [0, 0.1) is 12.8 Å². The molecule has 0 aliphatic carbocycles. The fourth-order valence-electron chi connectivity index (χ4n) is 3.84. The molecule has 1 aliphatic heterocycles. The lowest BCUT2D eigenvalue weighted by Gasteiger charge is -2.21. The van der Waals surface area contributed by atoms with Crippen LogP contribution in [0.1, 0.15) is 17.7 Å². The highest BCUT2D eigenvalue weighted by Crippen LogP contribution is 2.22. The molecule has 0 bridgehead atoms. The summed E-state index contributed by atoms with van der Waals surface area (Å²) >= 11 is 0. The molecule has 2 heterocycles. The second-order valence-corrected chi connectivity index (χ2v) is 7.17. The van der Waals surface area contributed by atoms with Crippen molar-refractivity contribution in [3.63, 3.8) is 0 Å². The summed E-state index contributed by atoms with van der Waals surface area (Å²) in [6, 6.07) is 8.50. The minimum atomic E-state index is 0.566. The number of hydrogen-bond acceptors (Lipinski definition) is 3. The first-order valence-corrected chi connectivity index (χ1v) is 9.81. The Labute approximate surface area is 161 Å². The number of guanidine groups is 1. The van der Waals surface area contributed by atoms with Crippen LogP contribution in [0.25, 0.3) is 10.9 Å². The van der Waals surface area contributed by atoms with Gasteiger partial charge in [0.1, 0.15) is 0 Å². The van der Waals surface area contributed by atoms with Crippen molar-refractivity contribution in [2.24, 2.45) is 10.9 Å². The molecule has 1 aromatic carbocycles. The molecule has 1 aromatic heterocycles. The molecule has 6 nitrogen and oxygen atoms in total. The van der Waals surface area contributed by atoms with Crippen LogP contribution >= 0.6 is 0 Å². The number of nitrogens with zero attached hydrogens (tertiary/aromatic N) is 2. The zero-order chi connectivity index (χ0) is 19.1. The van der Waals surface area contributed by atoms with Gasteiger partial charge in [-0.15, -0.1) is 0 Å². The van der Waals surface area contributed by atoms with Gasteiger partial charge in [-0.1, -0.05) is 18.2 Å². The maximum Gasteiger partial charge on any atom is 0.193 e. The van der Waals surface area contributed by atoms with E-state index in [9.17, 15) is 0 Å². The second-order valence-electron chi connectivity index (χ2n) is 7.17. The fraction of sp³-hybridized carbons (Fsp3) is 0.571. The first-order valence-electron chi connectivity index (χ1n) is 9.81. The van der Waals surface area contributed by atoms with E-state index < -0.39 is 0 Å². The standard InChI is InChI=1S/C21H32N4O2/c1-16-18(19-6-4-5-7-20(19)24-16)8-10-23-21(22-2)25-11-9-17(14-25)15-27-13-12-26-3/h4-7,17,24H,8-15H2,1-3H3,(H,22,23). The topological polar surface area (TPSA) is 61.9 Å². The lowest BCUT2D eigenvalue weighted by atomic mass is 10.1. The van der Waals surface area contributed by atoms with Crippen molar-refractivity contribution in [3.05, 3.63) is 35.5 Å². The van der Waals surface area contributed by atoms with Crippen LogP contribution in [-0.4, -0.2) is 69.5 Å². The molecule has 1 fully saturated rings. The Morgan fingerprint density at radius 2 is 2.19 bits per heavy atom. The first kappa shape index (κ1) is 19.7. The Morgan fingerprint density at radius 3 is 3.00 bits per heavy atom. The van der Waals surface area contributed by atoms with Gasteiger partial charge in [-0.2, -0.15) is 0 Å². The van der Waals surface area contributed by atoms with Gasteiger partial charge in [-0.3, -0.25) is 4.99 Å². The number of aromatic nitrogens is 1. The third-order valence-corrected chi connectivity index (χ3v) is 5.27. The normalized spacial score (nSPS) is 17.8. The molecule has 1 aliphatic rings. The number of fused-ring (bicyclic) bond motifs is 1. The van der Waals surface area contributed by atoms with E-state index in [-0.39, 0.29) is 0 Å². The molecule has 148 valence electrons. The number of aryl methyl sites for hydroxylation is 1. The minimum Gasteiger partial charge on any atom is -0.382 e. The summed E-state index contributed by atoms with van der Waals surface area (Å²) in [6.45, 7) is 7.19. The monoisotopic (exact) mass is 372 g/mol. The Morgan fingerprint density at radius 1 is 1.33 bits per heavy atom. The van der Waals surface area contributed by atoms with Gasteiger partial charge in [-0.25, -0.2) is 0 Å². The number of methoxy groups -OCH3 is 1. The molecule has 3 rings (SSSR count). The summed E-state index contributed by atoms with van der Waals surface area (Å²) in [7, 11) is 3.57. The molecule has 0 amide bonds. The maximum atomic E-state index is 5.69. The Bertz CT molecular complexity index is 756. The SMILES string of the molecule is CN=C(NCCc1c(C)[nH]c2ccccc12)N1CCC(COCCOC)C1. The average molecular weight is 373 g/mol. The number of para-hydroxylation sites is 1. The van der Waals surface area contributed by atoms with Crippen molar-refractivity contribution < 1.29 is 9.47 Å². The second kappa shape index (κ2) is 9.76. The minimum absolute atomic E-state index is 0.566. The van der Waals surface area contributed by atoms with Gasteiger partial charge in [0.25, 0.3) is 0 Å². The number of aromatic amines is 1. The molecule has 1 unspecified atom stereocenters. The Hall–Kier alpha value is -2.05. The van der Waals surface area contributed by atoms with Gasteiger partial charge < -0.3 is 24.7 Å². The van der Waals surface area contributed by atoms with Gasteiger partial charge >= 0.3 is 0 Å². The molecule has 2 N–H and O–H groups in total. The number of H-pyrrole nitrogens is 1. The quantitative estimate of drug-likeness (QED) is 0.425. The van der Waals surface area contributed by atoms with E-state index in [0.717, 1.165) is 45.0 Å². The number of rotatable bonds is 8. The highest BCUT2D eigenvalue weighted by atomic mass is 16.5. The molecule has 1 atom stereocenters. The van der Waals surface area contributed by atoms with Crippen molar-refractivity contribution in [3.8, 4) is 0 Å². The smallest absolute Gasteiger partial charge is 0.193 e. The summed E-state index contributed by atoms with van der Waals surface area (Å²) in [5.41, 5.74) is 3.85. The molecule has 6 heteroatoms. The van der Waals surface area contributed by atoms with Crippen molar-refractivity contribution >= 4 is 16.9 Å². The maximum absolute atomic E-state index is 5.69. The van der Waals surface area contributed by atoms with Gasteiger partial charge in [0.15, 0.2) is 5.96 Å². The highest BCUT2D eigenvalue weighted by Gasteiger charge is 2.24. The van der Waals surface area contributed by atoms with Crippen molar-refractivity contribution in [1.82, 2.24) is 15.2 Å². The summed E-state index contributed by atoms with van der Waals surface area (Å²) in [4.78, 5) is 10.3. The van der Waals surface area contributed by atoms with Gasteiger partial charge in [-0.05, 0) is 31.4 Å². The van der Waals surface area contributed by atoms with Gasteiger partial charge in [0, 0.05) is 56.3 Å². The van der Waals surface area contributed by atoms with Crippen LogP contribution in [0.5, 0.6) is 0 Å². The van der Waals surface area contributed by atoms with Gasteiger partial charge in [0.05, 0.1) is 19.8 Å². The fourth-order valence-corrected chi connectivity index (χ4v) is 3.84. The molecule has 0 spiro atoms. The largest absolute Gasteiger partial charge is 0.382 e. The van der Waals surface area contributed by atoms with Crippen molar-refractivity contribution in [1.29, 1.82) is 0 Å². The molecule has 1 saturated heterocycles. The predicted octanol–water partition coefficient (Wildman–Crippen LogP) is 2.58. The molecule has 0 saturated carbocycles. The van der Waals surface area contributed by atoms with E-state index in [4.69, 9.17) is 9.47 Å². The van der Waals surface area contributed by atoms with E-state index in [1.54, 1.807) is 7.11 Å². The summed E-state index contributed by atoms with van der Waals surface area (Å²) < 4.78 is 10.7. The summed E-state index contributed by atoms with van der Waals surface area (Å²) in [6.07, 6.45) is 2.13. The highest BCUT2D eigenvalue weighted by molar-refractivity contribution is 5.84. The van der Waals surface area contributed by atoms with E-state index >= 15 is 0 Å². The Balaban J connectivity index is 1.48. The zero-order valence-electron chi connectivity index (χ0n) is 16.8. The van der Waals surface area contributed by atoms with E-state index in [1.807, 2.05) is 7.05 Å². The van der Waals surface area contributed by atoms with Crippen LogP contribution in [0.15, 0.2) is 29.3 Å². The molecule has 27 heavy (non-hydrogen) atoms. The number of benzene rings is 1. The molecular weight excluding hydrogens is 340 g/mol. The number of aliphatic imine (C=N–C) groups is 1. The molecule has 2 aromatic rings. The van der Waals surface area contributed by atoms with Crippen molar-refractivity contribution in [2.45, 2.75) is 19.8 Å². The van der Waals surface area contributed by atoms with Crippen LogP contribution in [0.4, 0.5) is 0 Å². The van der Waals surface area contributed by atoms with Crippen LogP contribution in [-0.2, 0) is 15.9 Å². The van der Waals surface area contributed by atoms with E-state index in [1.165, 1.54) is 22.2 Å². The number of likely N-dealkylation sites (tertiary alicyclic amines) is 1. The van der Waals surface area contributed by atoms with Crippen LogP contribution in [0.2, 0.25) is 0 Å². The average Bonchev–Trinajstić information content (AvgIpc) is 3.27. The zero-order valence-corrected chi connectivity index (χ0v) is 16.8. The van der Waals surface area contributed by atoms with Crippen molar-refractivity contribution in [2.75, 3.05) is 53.6 Å². The van der Waals surface area contributed by atoms with E-state index in [0.29, 0.717) is 19.1 Å². The lowest BCUT2D eigenvalue weighted by Crippen LogP contribution is -2.41. The van der Waals surface area contributed by atoms with E-state index in [2.05, 4.69) is 51.4 Å². The summed E-state index contributed by atoms with van der Waals surface area (Å²) in [5.74, 6) is 1.56. The number of ether oxygens (including phenoxy) is 2. The van der Waals surface area contributed by atoms with Crippen LogP contribution < -0.4 is 5.32 Å². The van der Waals surface area contributed by atoms with Gasteiger partial charge in [0.2, 0.25) is 0 Å². The summed E-state index contributed by atoms with van der Waals surface area (Å²) in [5, 5.41) is 4.86. The lowest BCUT2D eigenvalue weighted by molar-refractivity contribution is 0.0536. The Kier molecular flexibility index (Phi) is 7.12. The number of nitrogens with one attached hydrogen (secondary N) is 2. The third kappa shape index (κ3) is 5.02. The van der Waals surface area contributed by atoms with Crippen LogP contribution in [0.3, 0.4) is 0 Å². The number of hydrogen-bond donors (Lipinski definition) is 2. The third-order valence-electron chi connectivity index (χ3n) is 5.27. The first-order chi connectivity index (χ1) is 13.2. The molecular formula is C21H32N4O2. The molecule has 0 radical (unpaired) electrons.